The van der Waals surface area contributed by atoms with Gasteiger partial charge < -0.3 is 14.7 Å². The van der Waals surface area contributed by atoms with Gasteiger partial charge in [-0.3, -0.25) is 4.79 Å². The van der Waals surface area contributed by atoms with Crippen LogP contribution in [-0.4, -0.2) is 40.5 Å². The summed E-state index contributed by atoms with van der Waals surface area (Å²) in [6.45, 7) is 4.97. The molecule has 1 amide bonds. The number of hydrogen-bond donors (Lipinski definition) is 1. The number of aromatic nitrogens is 1. The van der Waals surface area contributed by atoms with Gasteiger partial charge in [0.2, 0.25) is 5.91 Å². The van der Waals surface area contributed by atoms with E-state index in [0.717, 1.165) is 16.3 Å². The zero-order chi connectivity index (χ0) is 18.4. The van der Waals surface area contributed by atoms with Crippen molar-refractivity contribution in [1.29, 1.82) is 0 Å². The third kappa shape index (κ3) is 5.37. The summed E-state index contributed by atoms with van der Waals surface area (Å²) in [4.78, 5) is 29.3. The van der Waals surface area contributed by atoms with Crippen molar-refractivity contribution in [1.82, 2.24) is 9.88 Å². The van der Waals surface area contributed by atoms with Gasteiger partial charge in [0.1, 0.15) is 11.1 Å². The van der Waals surface area contributed by atoms with Crippen molar-refractivity contribution < 1.29 is 19.4 Å². The molecule has 6 nitrogen and oxygen atoms in total. The molecule has 25 heavy (non-hydrogen) atoms. The van der Waals surface area contributed by atoms with E-state index in [1.54, 1.807) is 24.1 Å². The first kappa shape index (κ1) is 19.1. The minimum atomic E-state index is -0.976. The molecular formula is C18H22N2O4S. The molecular weight excluding hydrogens is 340 g/mol. The normalized spacial score (nSPS) is 12.0. The molecule has 1 aromatic carbocycles. The predicted octanol–water partition coefficient (Wildman–Crippen LogP) is 3.14. The first-order valence-electron chi connectivity index (χ1n) is 8.02. The number of carboxylic acid groups (broad SMARTS) is 1. The molecule has 0 bridgehead atoms. The summed E-state index contributed by atoms with van der Waals surface area (Å²) in [5, 5.41) is 11.7. The summed E-state index contributed by atoms with van der Waals surface area (Å²) in [5.74, 6) is -1.02. The van der Waals surface area contributed by atoms with Crippen LogP contribution in [0.25, 0.3) is 0 Å². The highest BCUT2D eigenvalue weighted by Gasteiger charge is 2.15. The zero-order valence-corrected chi connectivity index (χ0v) is 15.4. The molecule has 0 saturated carbocycles. The third-order valence-corrected chi connectivity index (χ3v) is 4.77. The fraction of sp³-hybridized carbons (Fsp3) is 0.389. The number of carboxylic acids is 1. The van der Waals surface area contributed by atoms with Crippen LogP contribution < -0.4 is 0 Å². The predicted molar refractivity (Wildman–Crippen MR) is 95.7 cm³/mol. The second-order valence-corrected chi connectivity index (χ2v) is 6.59. The highest BCUT2D eigenvalue weighted by molar-refractivity contribution is 7.09. The Morgan fingerprint density at radius 3 is 2.60 bits per heavy atom. The molecule has 1 N–H and O–H groups in total. The molecule has 1 atom stereocenters. The van der Waals surface area contributed by atoms with E-state index in [1.165, 1.54) is 23.5 Å². The number of ether oxygens (including phenoxy) is 1. The van der Waals surface area contributed by atoms with Crippen LogP contribution in [-0.2, 0) is 22.5 Å². The minimum absolute atomic E-state index is 0.0440. The van der Waals surface area contributed by atoms with Crippen LogP contribution in [0.2, 0.25) is 0 Å². The lowest BCUT2D eigenvalue weighted by atomic mass is 10.1. The Kier molecular flexibility index (Phi) is 6.66. The van der Waals surface area contributed by atoms with Crippen molar-refractivity contribution in [3.63, 3.8) is 0 Å². The molecule has 0 radical (unpaired) electrons. The molecule has 0 fully saturated rings. The second-order valence-electron chi connectivity index (χ2n) is 5.70. The highest BCUT2D eigenvalue weighted by atomic mass is 32.1. The van der Waals surface area contributed by atoms with Crippen molar-refractivity contribution >= 4 is 23.2 Å². The molecule has 0 spiro atoms. The summed E-state index contributed by atoms with van der Waals surface area (Å²) in [6, 6.07) is 6.35. The van der Waals surface area contributed by atoms with Crippen molar-refractivity contribution in [3.8, 4) is 0 Å². The van der Waals surface area contributed by atoms with E-state index < -0.39 is 5.97 Å². The Morgan fingerprint density at radius 2 is 2.00 bits per heavy atom. The van der Waals surface area contributed by atoms with Crippen LogP contribution in [0.5, 0.6) is 0 Å². The average molecular weight is 362 g/mol. The van der Waals surface area contributed by atoms with Crippen LogP contribution in [0.1, 0.15) is 46.6 Å². The number of likely N-dealkylation sites (N-methyl/N-ethyl adjacent to an activating group) is 1. The van der Waals surface area contributed by atoms with Gasteiger partial charge in [0.25, 0.3) is 0 Å². The third-order valence-electron chi connectivity index (χ3n) is 3.72. The fourth-order valence-corrected chi connectivity index (χ4v) is 3.12. The summed E-state index contributed by atoms with van der Waals surface area (Å²) >= 11 is 1.53. The Hall–Kier alpha value is -2.25. The van der Waals surface area contributed by atoms with Crippen LogP contribution in [0.3, 0.4) is 0 Å². The lowest BCUT2D eigenvalue weighted by molar-refractivity contribution is -0.129. The van der Waals surface area contributed by atoms with Gasteiger partial charge in [-0.25, -0.2) is 9.78 Å². The average Bonchev–Trinajstić information content (AvgIpc) is 3.04. The standard InChI is InChI=1S/C18H22N2O4S/c1-4-24-12(2)17-19-15(11-25-17)10-20(3)16(21)9-13-5-7-14(8-6-13)18(22)23/h5-8,11-12H,4,9-10H2,1-3H3,(H,22,23). The number of carbonyl (C=O) groups excluding carboxylic acids is 1. The maximum atomic E-state index is 12.3. The molecule has 1 heterocycles. The number of hydrogen-bond acceptors (Lipinski definition) is 5. The second kappa shape index (κ2) is 8.73. The summed E-state index contributed by atoms with van der Waals surface area (Å²) in [5.41, 5.74) is 1.83. The molecule has 134 valence electrons. The quantitative estimate of drug-likeness (QED) is 0.780. The largest absolute Gasteiger partial charge is 0.478 e. The van der Waals surface area contributed by atoms with Gasteiger partial charge in [0.15, 0.2) is 0 Å². The number of carbonyl (C=O) groups is 2. The van der Waals surface area contributed by atoms with Crippen LogP contribution in [0.15, 0.2) is 29.6 Å². The smallest absolute Gasteiger partial charge is 0.335 e. The van der Waals surface area contributed by atoms with Crippen LogP contribution >= 0.6 is 11.3 Å². The highest BCUT2D eigenvalue weighted by Crippen LogP contribution is 2.21. The van der Waals surface area contributed by atoms with E-state index in [4.69, 9.17) is 9.84 Å². The Morgan fingerprint density at radius 1 is 1.32 bits per heavy atom. The van der Waals surface area contributed by atoms with E-state index in [2.05, 4.69) is 4.98 Å². The zero-order valence-electron chi connectivity index (χ0n) is 14.6. The number of rotatable bonds is 8. The molecule has 1 aromatic heterocycles. The fourth-order valence-electron chi connectivity index (χ4n) is 2.31. The van der Waals surface area contributed by atoms with Crippen molar-refractivity contribution in [2.75, 3.05) is 13.7 Å². The first-order chi connectivity index (χ1) is 11.9. The van der Waals surface area contributed by atoms with Crippen LogP contribution in [0.4, 0.5) is 0 Å². The lowest BCUT2D eigenvalue weighted by Gasteiger charge is -2.16. The molecule has 2 aromatic rings. The van der Waals surface area contributed by atoms with E-state index >= 15 is 0 Å². The number of amides is 1. The van der Waals surface area contributed by atoms with Gasteiger partial charge in [-0.15, -0.1) is 11.3 Å². The van der Waals surface area contributed by atoms with Gasteiger partial charge in [-0.05, 0) is 31.5 Å². The number of aromatic carboxylic acids is 1. The summed E-state index contributed by atoms with van der Waals surface area (Å²) in [7, 11) is 1.74. The van der Waals surface area contributed by atoms with Gasteiger partial charge in [-0.2, -0.15) is 0 Å². The molecule has 1 unspecified atom stereocenters. The van der Waals surface area contributed by atoms with E-state index in [9.17, 15) is 9.59 Å². The SMILES string of the molecule is CCOC(C)c1nc(CN(C)C(=O)Cc2ccc(C(=O)O)cc2)cs1. The van der Waals surface area contributed by atoms with Gasteiger partial charge in [0, 0.05) is 19.0 Å². The van der Waals surface area contributed by atoms with E-state index in [-0.39, 0.29) is 24.0 Å². The summed E-state index contributed by atoms with van der Waals surface area (Å²) < 4.78 is 5.52. The molecule has 0 aliphatic carbocycles. The number of benzene rings is 1. The number of nitrogens with zero attached hydrogens (tertiary/aromatic N) is 2. The van der Waals surface area contributed by atoms with Gasteiger partial charge >= 0.3 is 5.97 Å². The van der Waals surface area contributed by atoms with Crippen molar-refractivity contribution in [2.45, 2.75) is 32.9 Å². The van der Waals surface area contributed by atoms with Crippen molar-refractivity contribution in [2.24, 2.45) is 0 Å². The molecule has 2 rings (SSSR count). The van der Waals surface area contributed by atoms with Crippen molar-refractivity contribution in [3.05, 3.63) is 51.5 Å². The van der Waals surface area contributed by atoms with E-state index in [0.29, 0.717) is 13.2 Å². The van der Waals surface area contributed by atoms with E-state index in [1.807, 2.05) is 19.2 Å². The Labute approximate surface area is 151 Å². The lowest BCUT2D eigenvalue weighted by Crippen LogP contribution is -2.27. The Bertz CT molecular complexity index is 727. The maximum absolute atomic E-state index is 12.3. The monoisotopic (exact) mass is 362 g/mol. The van der Waals surface area contributed by atoms with Gasteiger partial charge in [-0.1, -0.05) is 12.1 Å². The molecule has 0 saturated heterocycles. The number of thiazole rings is 1. The topological polar surface area (TPSA) is 79.7 Å². The van der Waals surface area contributed by atoms with Gasteiger partial charge in [0.05, 0.1) is 24.2 Å². The molecule has 0 aliphatic rings. The summed E-state index contributed by atoms with van der Waals surface area (Å²) in [6.07, 6.45) is 0.181. The maximum Gasteiger partial charge on any atom is 0.335 e. The molecule has 7 heteroatoms. The molecule has 0 aliphatic heterocycles. The first-order valence-corrected chi connectivity index (χ1v) is 8.90. The van der Waals surface area contributed by atoms with Crippen LogP contribution in [0, 0.1) is 0 Å². The minimum Gasteiger partial charge on any atom is -0.478 e. The Balaban J connectivity index is 1.92.